The maximum atomic E-state index is 12.8. The summed E-state index contributed by atoms with van der Waals surface area (Å²) in [5.41, 5.74) is 5.44. The van der Waals surface area contributed by atoms with Crippen molar-refractivity contribution in [1.82, 2.24) is 5.32 Å². The molecule has 4 rings (SSSR count). The lowest BCUT2D eigenvalue weighted by Gasteiger charge is -2.20. The highest BCUT2D eigenvalue weighted by molar-refractivity contribution is 5.93. The van der Waals surface area contributed by atoms with Gasteiger partial charge in [0.25, 0.3) is 0 Å². The standard InChI is InChI=1S/C28H26N2O/c31-27(30-26-19-11-10-18-25(26)20-22-12-4-1-5-13-22)21-29-28(23-14-6-2-7-15-23)24-16-8-3-9-17-24/h1-19,28-29H,20-21H2,(H,30,31). The third-order valence-corrected chi connectivity index (χ3v) is 5.26. The molecule has 0 saturated carbocycles. The Morgan fingerprint density at radius 1 is 0.645 bits per heavy atom. The van der Waals surface area contributed by atoms with Gasteiger partial charge in [-0.1, -0.05) is 109 Å². The van der Waals surface area contributed by atoms with Crippen LogP contribution in [-0.2, 0) is 11.2 Å². The van der Waals surface area contributed by atoms with Crippen LogP contribution in [0.1, 0.15) is 28.3 Å². The van der Waals surface area contributed by atoms with E-state index in [4.69, 9.17) is 0 Å². The number of amides is 1. The fourth-order valence-corrected chi connectivity index (χ4v) is 3.72. The number of carbonyl (C=O) groups is 1. The Kier molecular flexibility index (Phi) is 6.89. The van der Waals surface area contributed by atoms with E-state index < -0.39 is 0 Å². The molecule has 2 N–H and O–H groups in total. The van der Waals surface area contributed by atoms with Crippen LogP contribution in [0.25, 0.3) is 0 Å². The van der Waals surface area contributed by atoms with E-state index in [1.54, 1.807) is 0 Å². The summed E-state index contributed by atoms with van der Waals surface area (Å²) in [6.07, 6.45) is 0.779. The van der Waals surface area contributed by atoms with Crippen LogP contribution in [0, 0.1) is 0 Å². The van der Waals surface area contributed by atoms with Crippen LogP contribution >= 0.6 is 0 Å². The third-order valence-electron chi connectivity index (χ3n) is 5.26. The van der Waals surface area contributed by atoms with Crippen molar-refractivity contribution < 1.29 is 4.79 Å². The zero-order valence-corrected chi connectivity index (χ0v) is 17.4. The Morgan fingerprint density at radius 3 is 1.77 bits per heavy atom. The zero-order chi connectivity index (χ0) is 21.3. The third kappa shape index (κ3) is 5.68. The van der Waals surface area contributed by atoms with Gasteiger partial charge >= 0.3 is 0 Å². The Hall–Kier alpha value is -3.69. The Balaban J connectivity index is 1.45. The van der Waals surface area contributed by atoms with Crippen LogP contribution in [0.2, 0.25) is 0 Å². The van der Waals surface area contributed by atoms with E-state index in [0.717, 1.165) is 28.8 Å². The average Bonchev–Trinajstić information content (AvgIpc) is 2.83. The smallest absolute Gasteiger partial charge is 0.238 e. The second kappa shape index (κ2) is 10.4. The molecule has 1 amide bonds. The molecule has 0 saturated heterocycles. The molecule has 0 aliphatic rings. The number of anilines is 1. The molecule has 0 radical (unpaired) electrons. The van der Waals surface area contributed by atoms with Crippen molar-refractivity contribution in [3.63, 3.8) is 0 Å². The average molecular weight is 407 g/mol. The van der Waals surface area contributed by atoms with E-state index >= 15 is 0 Å². The molecule has 0 aliphatic carbocycles. The molecule has 0 aromatic heterocycles. The van der Waals surface area contributed by atoms with Crippen LogP contribution in [0.3, 0.4) is 0 Å². The molecule has 0 unspecified atom stereocenters. The Bertz CT molecular complexity index is 1060. The van der Waals surface area contributed by atoms with Crippen molar-refractivity contribution in [1.29, 1.82) is 0 Å². The van der Waals surface area contributed by atoms with Crippen molar-refractivity contribution in [3.05, 3.63) is 138 Å². The van der Waals surface area contributed by atoms with Crippen molar-refractivity contribution in [2.45, 2.75) is 12.5 Å². The van der Waals surface area contributed by atoms with E-state index in [9.17, 15) is 4.79 Å². The summed E-state index contributed by atoms with van der Waals surface area (Å²) in [6, 6.07) is 38.6. The van der Waals surface area contributed by atoms with Crippen molar-refractivity contribution in [2.24, 2.45) is 0 Å². The molecule has 0 fully saturated rings. The van der Waals surface area contributed by atoms with E-state index in [1.165, 1.54) is 5.56 Å². The normalized spacial score (nSPS) is 10.7. The molecule has 0 aliphatic heterocycles. The summed E-state index contributed by atoms with van der Waals surface area (Å²) in [5.74, 6) is -0.0580. The second-order valence-corrected chi connectivity index (χ2v) is 7.50. The largest absolute Gasteiger partial charge is 0.325 e. The topological polar surface area (TPSA) is 41.1 Å². The fourth-order valence-electron chi connectivity index (χ4n) is 3.72. The van der Waals surface area contributed by atoms with Gasteiger partial charge in [-0.25, -0.2) is 0 Å². The van der Waals surface area contributed by atoms with E-state index in [1.807, 2.05) is 72.8 Å². The quantitative estimate of drug-likeness (QED) is 0.400. The maximum absolute atomic E-state index is 12.8. The van der Waals surface area contributed by atoms with Crippen molar-refractivity contribution in [2.75, 3.05) is 11.9 Å². The first-order chi connectivity index (χ1) is 15.3. The molecule has 0 atom stereocenters. The van der Waals surface area contributed by atoms with Gasteiger partial charge in [-0.15, -0.1) is 0 Å². The molecular formula is C28H26N2O. The summed E-state index contributed by atoms with van der Waals surface area (Å²) in [4.78, 5) is 12.8. The highest BCUT2D eigenvalue weighted by atomic mass is 16.1. The molecule has 4 aromatic carbocycles. The minimum atomic E-state index is -0.0580. The molecule has 31 heavy (non-hydrogen) atoms. The number of para-hydroxylation sites is 1. The number of rotatable bonds is 8. The van der Waals surface area contributed by atoms with Crippen LogP contribution in [0.15, 0.2) is 115 Å². The van der Waals surface area contributed by atoms with E-state index in [-0.39, 0.29) is 18.5 Å². The second-order valence-electron chi connectivity index (χ2n) is 7.50. The van der Waals surface area contributed by atoms with Gasteiger partial charge in [-0.2, -0.15) is 0 Å². The Labute approximate surface area is 183 Å². The summed E-state index contributed by atoms with van der Waals surface area (Å²) in [5, 5.41) is 6.52. The molecule has 4 aromatic rings. The first kappa shape index (κ1) is 20.6. The predicted octanol–water partition coefficient (Wildman–Crippen LogP) is 5.60. The monoisotopic (exact) mass is 406 g/mol. The molecule has 0 heterocycles. The maximum Gasteiger partial charge on any atom is 0.238 e. The highest BCUT2D eigenvalue weighted by Crippen LogP contribution is 2.22. The number of nitrogens with one attached hydrogen (secondary N) is 2. The van der Waals surface area contributed by atoms with Gasteiger partial charge in [0.05, 0.1) is 12.6 Å². The van der Waals surface area contributed by atoms with Crippen LogP contribution in [0.5, 0.6) is 0 Å². The number of benzene rings is 4. The first-order valence-electron chi connectivity index (χ1n) is 10.5. The minimum absolute atomic E-state index is 0.0484. The van der Waals surface area contributed by atoms with Gasteiger partial charge in [0.2, 0.25) is 5.91 Å². The fraction of sp³-hybridized carbons (Fsp3) is 0.107. The molecule has 0 bridgehead atoms. The zero-order valence-electron chi connectivity index (χ0n) is 17.4. The summed E-state index contributed by atoms with van der Waals surface area (Å²) >= 11 is 0. The molecular weight excluding hydrogens is 380 g/mol. The first-order valence-corrected chi connectivity index (χ1v) is 10.5. The van der Waals surface area contributed by atoms with Crippen molar-refractivity contribution >= 4 is 11.6 Å². The van der Waals surface area contributed by atoms with E-state index in [0.29, 0.717) is 0 Å². The van der Waals surface area contributed by atoms with Crippen molar-refractivity contribution in [3.8, 4) is 0 Å². The molecule has 154 valence electrons. The van der Waals surface area contributed by atoms with E-state index in [2.05, 4.69) is 53.1 Å². The van der Waals surface area contributed by atoms with Crippen LogP contribution in [0.4, 0.5) is 5.69 Å². The van der Waals surface area contributed by atoms with Gasteiger partial charge in [0.15, 0.2) is 0 Å². The Morgan fingerprint density at radius 2 is 1.16 bits per heavy atom. The summed E-state index contributed by atoms with van der Waals surface area (Å²) in [7, 11) is 0. The summed E-state index contributed by atoms with van der Waals surface area (Å²) < 4.78 is 0. The van der Waals surface area contributed by atoms with Gasteiger partial charge in [-0.05, 0) is 34.7 Å². The van der Waals surface area contributed by atoms with Crippen LogP contribution in [-0.4, -0.2) is 12.5 Å². The van der Waals surface area contributed by atoms with Gasteiger partial charge < -0.3 is 5.32 Å². The van der Waals surface area contributed by atoms with Crippen LogP contribution < -0.4 is 10.6 Å². The van der Waals surface area contributed by atoms with Gasteiger partial charge in [-0.3, -0.25) is 10.1 Å². The minimum Gasteiger partial charge on any atom is -0.325 e. The SMILES string of the molecule is O=C(CNC(c1ccccc1)c1ccccc1)Nc1ccccc1Cc1ccccc1. The molecule has 3 nitrogen and oxygen atoms in total. The lowest BCUT2D eigenvalue weighted by atomic mass is 9.99. The molecule has 0 spiro atoms. The molecule has 3 heteroatoms. The predicted molar refractivity (Wildman–Crippen MR) is 127 cm³/mol. The number of hydrogen-bond acceptors (Lipinski definition) is 2. The highest BCUT2D eigenvalue weighted by Gasteiger charge is 2.15. The van der Waals surface area contributed by atoms with Gasteiger partial charge in [0, 0.05) is 5.69 Å². The van der Waals surface area contributed by atoms with Gasteiger partial charge in [0.1, 0.15) is 0 Å². The lowest BCUT2D eigenvalue weighted by molar-refractivity contribution is -0.115. The number of carbonyl (C=O) groups excluding carboxylic acids is 1. The number of hydrogen-bond donors (Lipinski definition) is 2. The lowest BCUT2D eigenvalue weighted by Crippen LogP contribution is -2.32. The summed E-state index contributed by atoms with van der Waals surface area (Å²) in [6.45, 7) is 0.216.